The molecule has 0 saturated heterocycles. The normalized spacial score (nSPS) is 10.7. The van der Waals surface area contributed by atoms with Gasteiger partial charge in [0.25, 0.3) is 0 Å². The summed E-state index contributed by atoms with van der Waals surface area (Å²) in [4.78, 5) is 0. The molecule has 0 bridgehead atoms. The Morgan fingerprint density at radius 3 is 0.914 bits per heavy atom. The fourth-order valence-corrected chi connectivity index (χ4v) is 7.35. The van der Waals surface area contributed by atoms with Crippen LogP contribution in [0, 0.1) is 30.4 Å². The van der Waals surface area contributed by atoms with E-state index in [0.717, 1.165) is 0 Å². The Hall–Kier alpha value is 0.680. The topological polar surface area (TPSA) is 0 Å². The molecule has 10 heteroatoms. The van der Waals surface area contributed by atoms with E-state index >= 15 is 0 Å². The zero-order chi connectivity index (χ0) is 26.0. The van der Waals surface area contributed by atoms with Crippen LogP contribution in [-0.4, -0.2) is 6.66 Å². The second-order valence-electron chi connectivity index (χ2n) is 6.95. The Bertz CT molecular complexity index is 1010. The molecule has 0 nitrogen and oxygen atoms in total. The first-order valence-corrected chi connectivity index (χ1v) is 26.7. The van der Waals surface area contributed by atoms with E-state index < -0.39 is 37.7 Å². The van der Waals surface area contributed by atoms with E-state index in [9.17, 15) is 17.6 Å². The quantitative estimate of drug-likeness (QED) is 0.0797. The SMILES string of the molecule is C[P+](c1ccccc1)(c1ccccc1)c1ccccc1.Fc1c(F)c(I)c(F)c(F)c1I.I[I-]I. The minimum atomic E-state index is -1.53. The van der Waals surface area contributed by atoms with Crippen molar-refractivity contribution in [2.75, 3.05) is 6.66 Å². The summed E-state index contributed by atoms with van der Waals surface area (Å²) in [5, 5.41) is 4.28. The number of hydrogen-bond acceptors (Lipinski definition) is 0. The molecule has 0 amide bonds. The summed E-state index contributed by atoms with van der Waals surface area (Å²) in [6, 6.07) is 32.6. The van der Waals surface area contributed by atoms with Gasteiger partial charge in [0.2, 0.25) is 0 Å². The van der Waals surface area contributed by atoms with Gasteiger partial charge in [-0.25, -0.2) is 17.6 Å². The summed E-state index contributed by atoms with van der Waals surface area (Å²) in [7, 11) is -1.53. The summed E-state index contributed by atoms with van der Waals surface area (Å²) in [6.45, 7) is 2.41. The average molecular weight is 1060 g/mol. The Kier molecular flexibility index (Phi) is 14.5. The fraction of sp³-hybridized carbons (Fsp3) is 0.0400. The van der Waals surface area contributed by atoms with E-state index in [-0.39, 0.29) is 0 Å². The number of rotatable bonds is 3. The average Bonchev–Trinajstić information content (AvgIpc) is 2.91. The summed E-state index contributed by atoms with van der Waals surface area (Å²) in [6.07, 6.45) is 0. The maximum atomic E-state index is 12.6. The Labute approximate surface area is 260 Å². The Morgan fingerprint density at radius 2 is 0.714 bits per heavy atom. The van der Waals surface area contributed by atoms with Crippen LogP contribution in [0.25, 0.3) is 0 Å². The van der Waals surface area contributed by atoms with Crippen LogP contribution in [0.1, 0.15) is 0 Å². The summed E-state index contributed by atoms with van der Waals surface area (Å²) >= 11 is 7.71. The first kappa shape index (κ1) is 31.9. The van der Waals surface area contributed by atoms with Crippen LogP contribution in [0.5, 0.6) is 0 Å². The van der Waals surface area contributed by atoms with Crippen molar-refractivity contribution in [2.24, 2.45) is 0 Å². The molecule has 0 aliphatic heterocycles. The molecule has 0 spiro atoms. The van der Waals surface area contributed by atoms with Gasteiger partial charge in [-0.05, 0) is 81.6 Å². The van der Waals surface area contributed by atoms with E-state index in [1.807, 2.05) is 0 Å². The second kappa shape index (κ2) is 15.9. The third-order valence-electron chi connectivity index (χ3n) is 4.97. The van der Waals surface area contributed by atoms with Crippen LogP contribution in [0.2, 0.25) is 0 Å². The summed E-state index contributed by atoms with van der Waals surface area (Å²) in [5.41, 5.74) is 0. The molecule has 35 heavy (non-hydrogen) atoms. The van der Waals surface area contributed by atoms with Crippen LogP contribution >= 0.6 is 89.7 Å². The van der Waals surface area contributed by atoms with Gasteiger partial charge >= 0.3 is 50.5 Å². The van der Waals surface area contributed by atoms with Gasteiger partial charge in [0.15, 0.2) is 23.3 Å². The summed E-state index contributed by atoms with van der Waals surface area (Å²) < 4.78 is 49.2. The first-order chi connectivity index (χ1) is 16.7. The predicted molar refractivity (Wildman–Crippen MR) is 171 cm³/mol. The molecular weight excluding hydrogens is 1040 g/mol. The van der Waals surface area contributed by atoms with Gasteiger partial charge < -0.3 is 0 Å². The predicted octanol–water partition coefficient (Wildman–Crippen LogP) is 5.84. The van der Waals surface area contributed by atoms with Crippen LogP contribution in [0.15, 0.2) is 91.0 Å². The van der Waals surface area contributed by atoms with Crippen molar-refractivity contribution in [3.05, 3.63) is 121 Å². The first-order valence-electron chi connectivity index (χ1n) is 9.77. The molecular formula is C25H18F4I5P. The number of halogens is 9. The zero-order valence-electron chi connectivity index (χ0n) is 18.0. The van der Waals surface area contributed by atoms with E-state index in [0.29, 0.717) is 13.3 Å². The van der Waals surface area contributed by atoms with Crippen molar-refractivity contribution in [3.63, 3.8) is 0 Å². The third-order valence-corrected chi connectivity index (χ3v) is 10.9. The van der Waals surface area contributed by atoms with E-state index in [4.69, 9.17) is 0 Å². The van der Waals surface area contributed by atoms with Gasteiger partial charge in [-0.3, -0.25) is 0 Å². The standard InChI is InChI=1S/C19H18P.C6F4I2.I3/c1-20(17-11-5-2-6-12-17,18-13-7-3-8-14-18)19-15-9-4-10-16-19;7-1-2(8)6(12)4(10)3(9)5(1)11;1-3-2/h2-16H,1H3;;/q+1;;-1. The molecule has 0 fully saturated rings. The monoisotopic (exact) mass is 1060 g/mol. The molecule has 0 atom stereocenters. The van der Waals surface area contributed by atoms with Crippen molar-refractivity contribution < 1.29 is 30.8 Å². The second-order valence-corrected chi connectivity index (χ2v) is 28.9. The molecule has 0 saturated carbocycles. The van der Waals surface area contributed by atoms with Crippen molar-refractivity contribution in [1.82, 2.24) is 0 Å². The van der Waals surface area contributed by atoms with Gasteiger partial charge in [0, 0.05) is 0 Å². The van der Waals surface area contributed by atoms with Gasteiger partial charge in [-0.15, -0.1) is 0 Å². The summed E-state index contributed by atoms with van der Waals surface area (Å²) in [5.74, 6) is -5.39. The van der Waals surface area contributed by atoms with Crippen LogP contribution in [-0.2, 0) is 0 Å². The molecule has 0 radical (unpaired) electrons. The van der Waals surface area contributed by atoms with Crippen molar-refractivity contribution in [1.29, 1.82) is 0 Å². The molecule has 4 rings (SSSR count). The molecule has 0 aliphatic rings. The van der Waals surface area contributed by atoms with Gasteiger partial charge in [-0.1, -0.05) is 54.6 Å². The number of benzene rings is 4. The number of hydrogen-bond donors (Lipinski definition) is 0. The van der Waals surface area contributed by atoms with Crippen molar-refractivity contribution in [3.8, 4) is 0 Å². The van der Waals surface area contributed by atoms with Crippen LogP contribution in [0.3, 0.4) is 0 Å². The molecule has 186 valence electrons. The van der Waals surface area contributed by atoms with Gasteiger partial charge in [0.05, 0.1) is 13.8 Å². The van der Waals surface area contributed by atoms with Gasteiger partial charge in [-0.2, -0.15) is 0 Å². The molecule has 4 aromatic carbocycles. The molecule has 0 aromatic heterocycles. The third kappa shape index (κ3) is 8.33. The fourth-order valence-electron chi connectivity index (χ4n) is 3.20. The van der Waals surface area contributed by atoms with Gasteiger partial charge in [0.1, 0.15) is 23.2 Å². The zero-order valence-corrected chi connectivity index (χ0v) is 29.7. The van der Waals surface area contributed by atoms with Crippen molar-refractivity contribution >= 4 is 106 Å². The van der Waals surface area contributed by atoms with E-state index in [2.05, 4.69) is 135 Å². The van der Waals surface area contributed by atoms with Crippen molar-refractivity contribution in [2.45, 2.75) is 0 Å². The van der Waals surface area contributed by atoms with Crippen LogP contribution < -0.4 is 29.2 Å². The molecule has 0 aliphatic carbocycles. The van der Waals surface area contributed by atoms with E-state index in [1.54, 1.807) is 0 Å². The van der Waals surface area contributed by atoms with E-state index in [1.165, 1.54) is 61.1 Å². The van der Waals surface area contributed by atoms with Crippen LogP contribution in [0.4, 0.5) is 17.6 Å². The maximum absolute atomic E-state index is 12.6. The molecule has 0 N–H and O–H groups in total. The Morgan fingerprint density at radius 1 is 0.514 bits per heavy atom. The minimum absolute atomic E-state index is 0.530. The molecule has 0 heterocycles. The Balaban J connectivity index is 0.000000246. The molecule has 4 aromatic rings. The molecule has 0 unspecified atom stereocenters.